The molecule has 5 nitrogen and oxygen atoms in total. The van der Waals surface area contributed by atoms with Crippen LogP contribution in [0, 0.1) is 5.92 Å². The van der Waals surface area contributed by atoms with E-state index < -0.39 is 0 Å². The van der Waals surface area contributed by atoms with Crippen molar-refractivity contribution in [1.82, 2.24) is 4.90 Å². The van der Waals surface area contributed by atoms with Crippen LogP contribution in [-0.4, -0.2) is 36.4 Å². The highest BCUT2D eigenvalue weighted by Crippen LogP contribution is 2.18. The number of benzene rings is 1. The van der Waals surface area contributed by atoms with E-state index in [1.165, 1.54) is 0 Å². The lowest BCUT2D eigenvalue weighted by molar-refractivity contribution is -0.130. The fourth-order valence-corrected chi connectivity index (χ4v) is 2.45. The van der Waals surface area contributed by atoms with Crippen molar-refractivity contribution in [2.45, 2.75) is 19.3 Å². The summed E-state index contributed by atoms with van der Waals surface area (Å²) in [5, 5.41) is 0.663. The number of carbonyl (C=O) groups is 2. The van der Waals surface area contributed by atoms with Gasteiger partial charge in [-0.15, -0.1) is 0 Å². The summed E-state index contributed by atoms with van der Waals surface area (Å²) in [6.45, 7) is 1.54. The molecule has 6 heteroatoms. The van der Waals surface area contributed by atoms with Gasteiger partial charge in [0.25, 0.3) is 0 Å². The Morgan fingerprint density at radius 2 is 2.05 bits per heavy atom. The van der Waals surface area contributed by atoms with Gasteiger partial charge < -0.3 is 15.4 Å². The molecule has 1 aliphatic rings. The van der Waals surface area contributed by atoms with Gasteiger partial charge in [0.2, 0.25) is 11.8 Å². The largest absolute Gasteiger partial charge is 0.494 e. The number of likely N-dealkylation sites (tertiary alicyclic amines) is 1. The van der Waals surface area contributed by atoms with Crippen LogP contribution in [0.25, 0.3) is 0 Å². The second kappa shape index (κ2) is 7.31. The molecule has 21 heavy (non-hydrogen) atoms. The number of hydrogen-bond donors (Lipinski definition) is 1. The molecule has 1 heterocycles. The lowest BCUT2D eigenvalue weighted by atomic mass is 10.1. The average Bonchev–Trinajstić information content (AvgIpc) is 2.95. The van der Waals surface area contributed by atoms with Gasteiger partial charge in [0.05, 0.1) is 12.5 Å². The van der Waals surface area contributed by atoms with Crippen LogP contribution in [0.3, 0.4) is 0 Å². The number of ether oxygens (including phenoxy) is 1. The Hall–Kier alpha value is -1.75. The molecule has 2 rings (SSSR count). The maximum absolute atomic E-state index is 12.0. The molecule has 1 unspecified atom stereocenters. The zero-order valence-corrected chi connectivity index (χ0v) is 12.5. The van der Waals surface area contributed by atoms with Gasteiger partial charge in [-0.3, -0.25) is 9.59 Å². The van der Waals surface area contributed by atoms with Crippen molar-refractivity contribution < 1.29 is 14.3 Å². The fourth-order valence-electron chi connectivity index (χ4n) is 2.32. The summed E-state index contributed by atoms with van der Waals surface area (Å²) in [5.41, 5.74) is 5.25. The Morgan fingerprint density at radius 1 is 1.33 bits per heavy atom. The van der Waals surface area contributed by atoms with Crippen molar-refractivity contribution in [3.8, 4) is 5.75 Å². The highest BCUT2D eigenvalue weighted by Gasteiger charge is 2.29. The highest BCUT2D eigenvalue weighted by molar-refractivity contribution is 6.30. The predicted molar refractivity (Wildman–Crippen MR) is 80.1 cm³/mol. The summed E-state index contributed by atoms with van der Waals surface area (Å²) in [6, 6.07) is 7.11. The normalized spacial score (nSPS) is 17.8. The third kappa shape index (κ3) is 4.63. The molecular formula is C15H19ClN2O3. The van der Waals surface area contributed by atoms with E-state index in [1.54, 1.807) is 29.2 Å². The zero-order chi connectivity index (χ0) is 15.2. The first kappa shape index (κ1) is 15.6. The quantitative estimate of drug-likeness (QED) is 0.815. The van der Waals surface area contributed by atoms with Gasteiger partial charge in [-0.05, 0) is 37.1 Å². The summed E-state index contributed by atoms with van der Waals surface area (Å²) in [4.78, 5) is 24.7. The molecule has 0 aromatic heterocycles. The van der Waals surface area contributed by atoms with E-state index in [9.17, 15) is 9.59 Å². The van der Waals surface area contributed by atoms with Crippen molar-refractivity contribution in [3.63, 3.8) is 0 Å². The van der Waals surface area contributed by atoms with E-state index in [2.05, 4.69) is 0 Å². The molecule has 114 valence electrons. The Morgan fingerprint density at radius 3 is 2.67 bits per heavy atom. The first-order valence-electron chi connectivity index (χ1n) is 7.01. The summed E-state index contributed by atoms with van der Waals surface area (Å²) in [7, 11) is 0. The smallest absolute Gasteiger partial charge is 0.222 e. The number of rotatable bonds is 6. The molecule has 1 aliphatic heterocycles. The van der Waals surface area contributed by atoms with E-state index in [0.29, 0.717) is 44.0 Å². The molecule has 0 saturated carbocycles. The number of amides is 2. The summed E-state index contributed by atoms with van der Waals surface area (Å²) in [6.07, 6.45) is 1.72. The van der Waals surface area contributed by atoms with Gasteiger partial charge >= 0.3 is 0 Å². The Balaban J connectivity index is 1.66. The minimum atomic E-state index is -0.323. The van der Waals surface area contributed by atoms with Crippen LogP contribution in [0.2, 0.25) is 5.02 Å². The van der Waals surface area contributed by atoms with Gasteiger partial charge in [-0.25, -0.2) is 0 Å². The molecule has 1 aromatic carbocycles. The highest BCUT2D eigenvalue weighted by atomic mass is 35.5. The van der Waals surface area contributed by atoms with Gasteiger partial charge in [-0.1, -0.05) is 11.6 Å². The standard InChI is InChI=1S/C15H19ClN2O3/c16-12-3-5-13(6-4-12)21-9-1-2-14(19)18-8-7-11(10-18)15(17)20/h3-6,11H,1-2,7-10H2,(H2,17,20). The third-order valence-corrected chi connectivity index (χ3v) is 3.81. The monoisotopic (exact) mass is 310 g/mol. The van der Waals surface area contributed by atoms with Crippen LogP contribution in [0.1, 0.15) is 19.3 Å². The number of primary amides is 1. The lowest BCUT2D eigenvalue weighted by Crippen LogP contribution is -2.31. The first-order valence-corrected chi connectivity index (χ1v) is 7.39. The van der Waals surface area contributed by atoms with Crippen LogP contribution in [0.4, 0.5) is 0 Å². The predicted octanol–water partition coefficient (Wildman–Crippen LogP) is 1.83. The van der Waals surface area contributed by atoms with Crippen LogP contribution < -0.4 is 10.5 Å². The van der Waals surface area contributed by atoms with E-state index in [-0.39, 0.29) is 17.7 Å². The van der Waals surface area contributed by atoms with E-state index in [4.69, 9.17) is 22.1 Å². The molecule has 2 amide bonds. The summed E-state index contributed by atoms with van der Waals surface area (Å²) < 4.78 is 5.53. The van der Waals surface area contributed by atoms with Crippen LogP contribution in [-0.2, 0) is 9.59 Å². The number of nitrogens with zero attached hydrogens (tertiary/aromatic N) is 1. The topological polar surface area (TPSA) is 72.6 Å². The second-order valence-corrected chi connectivity index (χ2v) is 5.57. The van der Waals surface area contributed by atoms with Crippen molar-refractivity contribution in [1.29, 1.82) is 0 Å². The van der Waals surface area contributed by atoms with Gasteiger partial charge in [0, 0.05) is 24.5 Å². The van der Waals surface area contributed by atoms with Crippen LogP contribution >= 0.6 is 11.6 Å². The van der Waals surface area contributed by atoms with Gasteiger partial charge in [0.1, 0.15) is 5.75 Å². The second-order valence-electron chi connectivity index (χ2n) is 5.13. The molecule has 0 radical (unpaired) electrons. The number of nitrogens with two attached hydrogens (primary N) is 1. The SMILES string of the molecule is NC(=O)C1CCN(C(=O)CCCOc2ccc(Cl)cc2)C1. The minimum Gasteiger partial charge on any atom is -0.494 e. The molecule has 1 atom stereocenters. The zero-order valence-electron chi connectivity index (χ0n) is 11.8. The first-order chi connectivity index (χ1) is 10.1. The summed E-state index contributed by atoms with van der Waals surface area (Å²) >= 11 is 5.78. The molecule has 1 saturated heterocycles. The maximum atomic E-state index is 12.0. The van der Waals surface area contributed by atoms with E-state index in [0.717, 1.165) is 5.75 Å². The Labute approximate surface area is 129 Å². The van der Waals surface area contributed by atoms with Crippen molar-refractivity contribution in [2.75, 3.05) is 19.7 Å². The van der Waals surface area contributed by atoms with Crippen LogP contribution in [0.15, 0.2) is 24.3 Å². The molecule has 1 fully saturated rings. The molecule has 0 spiro atoms. The van der Waals surface area contributed by atoms with Crippen molar-refractivity contribution in [2.24, 2.45) is 11.7 Å². The van der Waals surface area contributed by atoms with Crippen molar-refractivity contribution >= 4 is 23.4 Å². The summed E-state index contributed by atoms with van der Waals surface area (Å²) in [5.74, 6) is 0.274. The van der Waals surface area contributed by atoms with E-state index in [1.807, 2.05) is 0 Å². The minimum absolute atomic E-state index is 0.0541. The van der Waals surface area contributed by atoms with Gasteiger partial charge in [0.15, 0.2) is 0 Å². The molecule has 1 aromatic rings. The van der Waals surface area contributed by atoms with Crippen molar-refractivity contribution in [3.05, 3.63) is 29.3 Å². The van der Waals surface area contributed by atoms with Gasteiger partial charge in [-0.2, -0.15) is 0 Å². The molecule has 2 N–H and O–H groups in total. The average molecular weight is 311 g/mol. The molecule has 0 bridgehead atoms. The molecule has 0 aliphatic carbocycles. The Kier molecular flexibility index (Phi) is 5.44. The number of halogens is 1. The van der Waals surface area contributed by atoms with Crippen LogP contribution in [0.5, 0.6) is 5.75 Å². The maximum Gasteiger partial charge on any atom is 0.222 e. The fraction of sp³-hybridized carbons (Fsp3) is 0.467. The lowest BCUT2D eigenvalue weighted by Gasteiger charge is -2.15. The number of hydrogen-bond acceptors (Lipinski definition) is 3. The van der Waals surface area contributed by atoms with E-state index >= 15 is 0 Å². The Bertz CT molecular complexity index is 504. The molecular weight excluding hydrogens is 292 g/mol. The number of carbonyl (C=O) groups excluding carboxylic acids is 2. The third-order valence-electron chi connectivity index (χ3n) is 3.56.